The van der Waals surface area contributed by atoms with E-state index in [1.54, 1.807) is 24.3 Å². The Labute approximate surface area is 132 Å². The number of nitrogens with zero attached hydrogens (tertiary/aromatic N) is 2. The minimum Gasteiger partial charge on any atom is -0.467 e. The van der Waals surface area contributed by atoms with Gasteiger partial charge in [-0.3, -0.25) is 19.3 Å². The van der Waals surface area contributed by atoms with Crippen LogP contribution >= 0.6 is 0 Å². The molecule has 120 valence electrons. The van der Waals surface area contributed by atoms with E-state index in [2.05, 4.69) is 0 Å². The fourth-order valence-electron chi connectivity index (χ4n) is 3.06. The molecule has 7 nitrogen and oxygen atoms in total. The lowest BCUT2D eigenvalue weighted by Gasteiger charge is -2.24. The molecule has 0 spiro atoms. The Morgan fingerprint density at radius 2 is 1.78 bits per heavy atom. The van der Waals surface area contributed by atoms with E-state index < -0.39 is 29.7 Å². The fourth-order valence-corrected chi connectivity index (χ4v) is 3.06. The molecule has 1 saturated heterocycles. The van der Waals surface area contributed by atoms with Crippen LogP contribution in [0, 0.1) is 0 Å². The Morgan fingerprint density at radius 3 is 2.35 bits per heavy atom. The third kappa shape index (κ3) is 2.48. The van der Waals surface area contributed by atoms with E-state index in [4.69, 9.17) is 4.74 Å². The lowest BCUT2D eigenvalue weighted by Crippen LogP contribution is -2.47. The van der Waals surface area contributed by atoms with Gasteiger partial charge in [-0.15, -0.1) is 0 Å². The molecule has 2 aliphatic heterocycles. The van der Waals surface area contributed by atoms with E-state index in [-0.39, 0.29) is 6.54 Å². The molecule has 2 heterocycles. The van der Waals surface area contributed by atoms with E-state index in [0.29, 0.717) is 30.5 Å². The number of carbonyl (C=O) groups is 4. The lowest BCUT2D eigenvalue weighted by molar-refractivity contribution is -0.150. The van der Waals surface area contributed by atoms with Gasteiger partial charge in [0.25, 0.3) is 11.8 Å². The van der Waals surface area contributed by atoms with Crippen molar-refractivity contribution >= 4 is 23.7 Å². The maximum atomic E-state index is 12.4. The van der Waals surface area contributed by atoms with Gasteiger partial charge >= 0.3 is 5.97 Å². The van der Waals surface area contributed by atoms with Gasteiger partial charge in [0.1, 0.15) is 12.6 Å². The highest BCUT2D eigenvalue weighted by molar-refractivity contribution is 6.22. The number of amides is 3. The number of methoxy groups -OCH3 is 1. The number of ether oxygens (including phenoxy) is 1. The second-order valence-electron chi connectivity index (χ2n) is 5.51. The fraction of sp³-hybridized carbons (Fsp3) is 0.375. The first-order valence-electron chi connectivity index (χ1n) is 7.37. The van der Waals surface area contributed by atoms with Crippen molar-refractivity contribution in [2.24, 2.45) is 0 Å². The van der Waals surface area contributed by atoms with Crippen LogP contribution in [0.15, 0.2) is 24.3 Å². The second kappa shape index (κ2) is 5.83. The molecule has 0 radical (unpaired) electrons. The van der Waals surface area contributed by atoms with Crippen LogP contribution in [0.1, 0.15) is 33.6 Å². The minimum absolute atomic E-state index is 0.302. The van der Waals surface area contributed by atoms with Crippen molar-refractivity contribution in [2.45, 2.75) is 18.9 Å². The van der Waals surface area contributed by atoms with E-state index >= 15 is 0 Å². The SMILES string of the molecule is COC(=O)[C@H]1CCCN1C(=O)CN1C(=O)c2ccccc2C1=O. The van der Waals surface area contributed by atoms with Gasteiger partial charge in [-0.1, -0.05) is 12.1 Å². The maximum absolute atomic E-state index is 12.4. The molecular formula is C16H16N2O5. The molecule has 2 aliphatic rings. The highest BCUT2D eigenvalue weighted by Gasteiger charge is 2.40. The number of likely N-dealkylation sites (tertiary alicyclic amines) is 1. The summed E-state index contributed by atoms with van der Waals surface area (Å²) in [5, 5.41) is 0. The molecular weight excluding hydrogens is 300 g/mol. The van der Waals surface area contributed by atoms with Crippen LogP contribution in [0.4, 0.5) is 0 Å². The van der Waals surface area contributed by atoms with Gasteiger partial charge in [-0.2, -0.15) is 0 Å². The van der Waals surface area contributed by atoms with Crippen LogP contribution in [0.3, 0.4) is 0 Å². The zero-order valence-electron chi connectivity index (χ0n) is 12.7. The molecule has 3 rings (SSSR count). The van der Waals surface area contributed by atoms with Gasteiger partial charge in [0.2, 0.25) is 5.91 Å². The predicted octanol–water partition coefficient (Wildman–Crippen LogP) is 0.447. The monoisotopic (exact) mass is 316 g/mol. The highest BCUT2D eigenvalue weighted by atomic mass is 16.5. The zero-order valence-corrected chi connectivity index (χ0v) is 12.7. The third-order valence-corrected chi connectivity index (χ3v) is 4.22. The van der Waals surface area contributed by atoms with Gasteiger partial charge in [0.05, 0.1) is 18.2 Å². The normalized spacial score (nSPS) is 20.0. The van der Waals surface area contributed by atoms with Crippen molar-refractivity contribution < 1.29 is 23.9 Å². The molecule has 0 N–H and O–H groups in total. The summed E-state index contributed by atoms with van der Waals surface area (Å²) in [6.07, 6.45) is 1.22. The summed E-state index contributed by atoms with van der Waals surface area (Å²) >= 11 is 0. The smallest absolute Gasteiger partial charge is 0.328 e. The Balaban J connectivity index is 1.75. The van der Waals surface area contributed by atoms with Crippen LogP contribution in [0.5, 0.6) is 0 Å². The van der Waals surface area contributed by atoms with E-state index in [9.17, 15) is 19.2 Å². The number of hydrogen-bond acceptors (Lipinski definition) is 5. The zero-order chi connectivity index (χ0) is 16.6. The van der Waals surface area contributed by atoms with Crippen molar-refractivity contribution in [3.63, 3.8) is 0 Å². The number of carbonyl (C=O) groups excluding carboxylic acids is 4. The number of fused-ring (bicyclic) bond motifs is 1. The van der Waals surface area contributed by atoms with Crippen LogP contribution in [0.25, 0.3) is 0 Å². The first-order valence-corrected chi connectivity index (χ1v) is 7.37. The number of esters is 1. The Kier molecular flexibility index (Phi) is 3.85. The highest BCUT2D eigenvalue weighted by Crippen LogP contribution is 2.24. The van der Waals surface area contributed by atoms with E-state index in [1.807, 2.05) is 0 Å². The van der Waals surface area contributed by atoms with Crippen molar-refractivity contribution in [1.29, 1.82) is 0 Å². The average molecular weight is 316 g/mol. The van der Waals surface area contributed by atoms with Gasteiger partial charge in [-0.25, -0.2) is 4.79 Å². The molecule has 0 unspecified atom stereocenters. The van der Waals surface area contributed by atoms with Crippen molar-refractivity contribution in [1.82, 2.24) is 9.80 Å². The van der Waals surface area contributed by atoms with E-state index in [0.717, 1.165) is 4.90 Å². The molecule has 0 aliphatic carbocycles. The van der Waals surface area contributed by atoms with Crippen LogP contribution in [-0.2, 0) is 14.3 Å². The molecule has 23 heavy (non-hydrogen) atoms. The summed E-state index contributed by atoms with van der Waals surface area (Å²) in [6.45, 7) is 0.0572. The number of imide groups is 1. The molecule has 1 fully saturated rings. The van der Waals surface area contributed by atoms with Crippen molar-refractivity contribution in [3.05, 3.63) is 35.4 Å². The molecule has 1 aromatic carbocycles. The standard InChI is InChI=1S/C16H16N2O5/c1-23-16(22)12-7-4-8-17(12)13(19)9-18-14(20)10-5-2-3-6-11(10)15(18)21/h2-3,5-6,12H,4,7-9H2,1H3/t12-/m1/s1. The molecule has 1 atom stereocenters. The Hall–Kier alpha value is -2.70. The van der Waals surface area contributed by atoms with Crippen molar-refractivity contribution in [2.75, 3.05) is 20.2 Å². The lowest BCUT2D eigenvalue weighted by atomic mass is 10.1. The summed E-state index contributed by atoms with van der Waals surface area (Å²) in [7, 11) is 1.27. The second-order valence-corrected chi connectivity index (χ2v) is 5.51. The maximum Gasteiger partial charge on any atom is 0.328 e. The quantitative estimate of drug-likeness (QED) is 0.597. The van der Waals surface area contributed by atoms with Gasteiger partial charge in [0, 0.05) is 6.54 Å². The Bertz CT molecular complexity index is 664. The molecule has 0 saturated carbocycles. The topological polar surface area (TPSA) is 84.0 Å². The van der Waals surface area contributed by atoms with Gasteiger partial charge < -0.3 is 9.64 Å². The predicted molar refractivity (Wildman–Crippen MR) is 78.6 cm³/mol. The largest absolute Gasteiger partial charge is 0.467 e. The first kappa shape index (κ1) is 15.2. The summed E-state index contributed by atoms with van der Waals surface area (Å²) in [4.78, 5) is 51.0. The average Bonchev–Trinajstić information content (AvgIpc) is 3.14. The van der Waals surface area contributed by atoms with Crippen molar-refractivity contribution in [3.8, 4) is 0 Å². The summed E-state index contributed by atoms with van der Waals surface area (Å²) in [6, 6.07) is 5.83. The number of benzene rings is 1. The summed E-state index contributed by atoms with van der Waals surface area (Å²) in [5.74, 6) is -1.86. The summed E-state index contributed by atoms with van der Waals surface area (Å²) in [5.41, 5.74) is 0.604. The minimum atomic E-state index is -0.636. The molecule has 0 aromatic heterocycles. The molecule has 7 heteroatoms. The van der Waals surface area contributed by atoms with Crippen LogP contribution in [-0.4, -0.2) is 59.7 Å². The molecule has 1 aromatic rings. The van der Waals surface area contributed by atoms with E-state index in [1.165, 1.54) is 12.0 Å². The Morgan fingerprint density at radius 1 is 1.17 bits per heavy atom. The molecule has 0 bridgehead atoms. The number of rotatable bonds is 3. The van der Waals surface area contributed by atoms with Gasteiger partial charge in [-0.05, 0) is 25.0 Å². The summed E-state index contributed by atoms with van der Waals surface area (Å²) < 4.78 is 4.70. The third-order valence-electron chi connectivity index (χ3n) is 4.22. The van der Waals surface area contributed by atoms with Crippen LogP contribution in [0.2, 0.25) is 0 Å². The van der Waals surface area contributed by atoms with Crippen LogP contribution < -0.4 is 0 Å². The van der Waals surface area contributed by atoms with Gasteiger partial charge in [0.15, 0.2) is 0 Å². The first-order chi connectivity index (χ1) is 11.0. The number of hydrogen-bond donors (Lipinski definition) is 0. The molecule has 3 amide bonds.